The second-order valence-corrected chi connectivity index (χ2v) is 5.74. The molecule has 1 aliphatic carbocycles. The van der Waals surface area contributed by atoms with Crippen LogP contribution in [0.5, 0.6) is 0 Å². The van der Waals surface area contributed by atoms with E-state index < -0.39 is 0 Å². The Bertz CT molecular complexity index is 441. The number of carbonyl (C=O) groups excluding carboxylic acids is 1. The molecule has 0 spiro atoms. The summed E-state index contributed by atoms with van der Waals surface area (Å²) in [5.74, 6) is 0.578. The minimum absolute atomic E-state index is 0.0299. The van der Waals surface area contributed by atoms with Gasteiger partial charge in [-0.2, -0.15) is 0 Å². The molecule has 1 aromatic heterocycles. The monoisotopic (exact) mass is 280 g/mol. The number of pyridine rings is 1. The summed E-state index contributed by atoms with van der Waals surface area (Å²) in [4.78, 5) is 16.4. The van der Waals surface area contributed by atoms with Gasteiger partial charge < -0.3 is 5.32 Å². The van der Waals surface area contributed by atoms with Gasteiger partial charge >= 0.3 is 0 Å². The molecule has 0 bridgehead atoms. The molecule has 1 fully saturated rings. The van der Waals surface area contributed by atoms with E-state index in [0.717, 1.165) is 18.5 Å². The third-order valence-corrected chi connectivity index (χ3v) is 4.13. The van der Waals surface area contributed by atoms with Crippen LogP contribution in [-0.4, -0.2) is 16.9 Å². The van der Waals surface area contributed by atoms with Gasteiger partial charge in [-0.15, -0.1) is 0 Å². The predicted octanol–water partition coefficient (Wildman–Crippen LogP) is 3.74. The van der Waals surface area contributed by atoms with Crippen LogP contribution >= 0.6 is 11.6 Å². The summed E-state index contributed by atoms with van der Waals surface area (Å²) in [6, 6.07) is 3.72. The van der Waals surface area contributed by atoms with Gasteiger partial charge in [-0.3, -0.25) is 4.79 Å². The van der Waals surface area contributed by atoms with Crippen molar-refractivity contribution in [3.05, 3.63) is 28.5 Å². The van der Waals surface area contributed by atoms with Crippen molar-refractivity contribution in [3.8, 4) is 0 Å². The SMILES string of the molecule is CCC1CCCCC1NC(=O)c1cc(C)nc(Cl)c1. The molecular weight excluding hydrogens is 260 g/mol. The second kappa shape index (κ2) is 6.38. The molecule has 2 unspecified atom stereocenters. The van der Waals surface area contributed by atoms with Crippen LogP contribution in [-0.2, 0) is 0 Å². The molecule has 104 valence electrons. The summed E-state index contributed by atoms with van der Waals surface area (Å²) in [5.41, 5.74) is 1.38. The maximum absolute atomic E-state index is 12.3. The Morgan fingerprint density at radius 1 is 1.42 bits per heavy atom. The number of hydrogen-bond donors (Lipinski definition) is 1. The largest absolute Gasteiger partial charge is 0.349 e. The highest BCUT2D eigenvalue weighted by atomic mass is 35.5. The fourth-order valence-corrected chi connectivity index (χ4v) is 3.15. The lowest BCUT2D eigenvalue weighted by Gasteiger charge is -2.31. The quantitative estimate of drug-likeness (QED) is 0.857. The maximum atomic E-state index is 12.3. The van der Waals surface area contributed by atoms with E-state index in [0.29, 0.717) is 22.7 Å². The lowest BCUT2D eigenvalue weighted by atomic mass is 9.83. The van der Waals surface area contributed by atoms with E-state index in [1.54, 1.807) is 12.1 Å². The Morgan fingerprint density at radius 2 is 2.16 bits per heavy atom. The van der Waals surface area contributed by atoms with Crippen molar-refractivity contribution >= 4 is 17.5 Å². The summed E-state index contributed by atoms with van der Waals surface area (Å²) < 4.78 is 0. The summed E-state index contributed by atoms with van der Waals surface area (Å²) in [6.45, 7) is 4.04. The van der Waals surface area contributed by atoms with E-state index in [-0.39, 0.29) is 5.91 Å². The van der Waals surface area contributed by atoms with E-state index in [4.69, 9.17) is 11.6 Å². The predicted molar refractivity (Wildman–Crippen MR) is 77.5 cm³/mol. The zero-order valence-corrected chi connectivity index (χ0v) is 12.3. The minimum atomic E-state index is -0.0299. The van der Waals surface area contributed by atoms with Crippen LogP contribution < -0.4 is 5.32 Å². The lowest BCUT2D eigenvalue weighted by Crippen LogP contribution is -2.41. The molecule has 2 atom stereocenters. The Labute approximate surface area is 119 Å². The first-order valence-corrected chi connectivity index (χ1v) is 7.43. The van der Waals surface area contributed by atoms with Crippen LogP contribution in [0.4, 0.5) is 0 Å². The Balaban J connectivity index is 2.07. The number of nitrogens with one attached hydrogen (secondary N) is 1. The van der Waals surface area contributed by atoms with E-state index in [1.807, 2.05) is 6.92 Å². The molecule has 0 aliphatic heterocycles. The van der Waals surface area contributed by atoms with Crippen molar-refractivity contribution < 1.29 is 4.79 Å². The fraction of sp³-hybridized carbons (Fsp3) is 0.600. The molecule has 0 radical (unpaired) electrons. The Kier molecular flexibility index (Phi) is 4.81. The molecule has 1 heterocycles. The summed E-state index contributed by atoms with van der Waals surface area (Å²) in [5, 5.41) is 3.54. The molecule has 19 heavy (non-hydrogen) atoms. The van der Waals surface area contributed by atoms with Crippen LogP contribution in [0.25, 0.3) is 0 Å². The standard InChI is InChI=1S/C15H21ClN2O/c1-3-11-6-4-5-7-13(11)18-15(19)12-8-10(2)17-14(16)9-12/h8-9,11,13H,3-7H2,1-2H3,(H,18,19). The molecule has 0 aromatic carbocycles. The molecule has 1 aromatic rings. The van der Waals surface area contributed by atoms with Crippen LogP contribution in [0.1, 0.15) is 55.1 Å². The van der Waals surface area contributed by atoms with Crippen LogP contribution in [0.3, 0.4) is 0 Å². The van der Waals surface area contributed by atoms with E-state index in [9.17, 15) is 4.79 Å². The molecule has 1 amide bonds. The second-order valence-electron chi connectivity index (χ2n) is 5.35. The van der Waals surface area contributed by atoms with Gasteiger partial charge in [0.1, 0.15) is 5.15 Å². The van der Waals surface area contributed by atoms with Gasteiger partial charge in [0.25, 0.3) is 5.91 Å². The molecule has 4 heteroatoms. The van der Waals surface area contributed by atoms with Crippen LogP contribution in [0.2, 0.25) is 5.15 Å². The first kappa shape index (κ1) is 14.3. The highest BCUT2D eigenvalue weighted by Crippen LogP contribution is 2.27. The summed E-state index contributed by atoms with van der Waals surface area (Å²) in [6.07, 6.45) is 5.92. The van der Waals surface area contributed by atoms with Crippen molar-refractivity contribution in [2.24, 2.45) is 5.92 Å². The summed E-state index contributed by atoms with van der Waals surface area (Å²) >= 11 is 5.90. The van der Waals surface area contributed by atoms with E-state index >= 15 is 0 Å². The van der Waals surface area contributed by atoms with Crippen molar-refractivity contribution in [2.45, 2.75) is 52.0 Å². The molecule has 1 saturated carbocycles. The number of hydrogen-bond acceptors (Lipinski definition) is 2. The zero-order valence-electron chi connectivity index (χ0n) is 11.6. The molecule has 2 rings (SSSR count). The first-order chi connectivity index (χ1) is 9.10. The number of nitrogens with zero attached hydrogens (tertiary/aromatic N) is 1. The average Bonchev–Trinajstić information content (AvgIpc) is 2.38. The lowest BCUT2D eigenvalue weighted by molar-refractivity contribution is 0.0904. The topological polar surface area (TPSA) is 42.0 Å². The third kappa shape index (κ3) is 3.69. The van der Waals surface area contributed by atoms with E-state index in [1.165, 1.54) is 19.3 Å². The molecule has 3 nitrogen and oxygen atoms in total. The van der Waals surface area contributed by atoms with Crippen molar-refractivity contribution in [1.29, 1.82) is 0 Å². The van der Waals surface area contributed by atoms with Gasteiger partial charge in [0.05, 0.1) is 0 Å². The Morgan fingerprint density at radius 3 is 2.84 bits per heavy atom. The van der Waals surface area contributed by atoms with Gasteiger partial charge in [-0.25, -0.2) is 4.98 Å². The van der Waals surface area contributed by atoms with Gasteiger partial charge in [0.15, 0.2) is 0 Å². The first-order valence-electron chi connectivity index (χ1n) is 7.05. The number of halogens is 1. The zero-order chi connectivity index (χ0) is 13.8. The van der Waals surface area contributed by atoms with Gasteiger partial charge in [0.2, 0.25) is 0 Å². The van der Waals surface area contributed by atoms with E-state index in [2.05, 4.69) is 17.2 Å². The number of carbonyl (C=O) groups is 1. The van der Waals surface area contributed by atoms with Crippen molar-refractivity contribution in [2.75, 3.05) is 0 Å². The van der Waals surface area contributed by atoms with Gasteiger partial charge in [-0.1, -0.05) is 37.8 Å². The molecule has 1 aliphatic rings. The number of aryl methyl sites for hydroxylation is 1. The summed E-state index contributed by atoms with van der Waals surface area (Å²) in [7, 11) is 0. The smallest absolute Gasteiger partial charge is 0.251 e. The highest BCUT2D eigenvalue weighted by molar-refractivity contribution is 6.29. The number of rotatable bonds is 3. The molecular formula is C15H21ClN2O. The minimum Gasteiger partial charge on any atom is -0.349 e. The normalized spacial score (nSPS) is 23.1. The number of amides is 1. The highest BCUT2D eigenvalue weighted by Gasteiger charge is 2.25. The van der Waals surface area contributed by atoms with Crippen LogP contribution in [0, 0.1) is 12.8 Å². The fourth-order valence-electron chi connectivity index (χ4n) is 2.90. The number of aromatic nitrogens is 1. The molecule has 0 saturated heterocycles. The maximum Gasteiger partial charge on any atom is 0.251 e. The van der Waals surface area contributed by atoms with Gasteiger partial charge in [0, 0.05) is 17.3 Å². The Hall–Kier alpha value is -1.09. The van der Waals surface area contributed by atoms with Crippen molar-refractivity contribution in [1.82, 2.24) is 10.3 Å². The third-order valence-electron chi connectivity index (χ3n) is 3.93. The van der Waals surface area contributed by atoms with Crippen molar-refractivity contribution in [3.63, 3.8) is 0 Å². The average molecular weight is 281 g/mol. The van der Waals surface area contributed by atoms with Crippen LogP contribution in [0.15, 0.2) is 12.1 Å². The van der Waals surface area contributed by atoms with Gasteiger partial charge in [-0.05, 0) is 37.8 Å². The molecule has 1 N–H and O–H groups in total.